The SMILES string of the molecule is CCOC(=O)c1cc2c(ccc3nnc(C)n32)n1S(=O)(=O)c1ccccc1. The molecule has 138 valence electrons. The maximum Gasteiger partial charge on any atom is 0.356 e. The fraction of sp³-hybridized carbons (Fsp3) is 0.167. The molecule has 3 heterocycles. The highest BCUT2D eigenvalue weighted by Gasteiger charge is 2.28. The van der Waals surface area contributed by atoms with Gasteiger partial charge in [0, 0.05) is 0 Å². The standard InChI is InChI=1S/C18H16N4O4S/c1-3-26-18(23)16-11-15-14(9-10-17-20-19-12(2)21(15)17)22(16)27(24,25)13-7-5-4-6-8-13/h4-11H,3H2,1-2H3. The van der Waals surface area contributed by atoms with E-state index in [-0.39, 0.29) is 17.2 Å². The number of aryl methyl sites for hydroxylation is 1. The zero-order chi connectivity index (χ0) is 19.2. The number of hydrogen-bond donors (Lipinski definition) is 0. The molecule has 0 radical (unpaired) electrons. The molecule has 9 heteroatoms. The van der Waals surface area contributed by atoms with Crippen molar-refractivity contribution < 1.29 is 17.9 Å². The lowest BCUT2D eigenvalue weighted by molar-refractivity contribution is 0.0518. The second-order valence-corrected chi connectivity index (χ2v) is 7.66. The molecule has 0 aliphatic rings. The highest BCUT2D eigenvalue weighted by atomic mass is 32.2. The minimum absolute atomic E-state index is 0.0729. The minimum Gasteiger partial charge on any atom is -0.461 e. The number of carbonyl (C=O) groups is 1. The minimum atomic E-state index is -4.02. The molecule has 0 N–H and O–H groups in total. The molecule has 0 unspecified atom stereocenters. The van der Waals surface area contributed by atoms with Crippen LogP contribution in [0.25, 0.3) is 16.7 Å². The van der Waals surface area contributed by atoms with Gasteiger partial charge in [-0.3, -0.25) is 4.40 Å². The van der Waals surface area contributed by atoms with Crippen LogP contribution in [-0.4, -0.2) is 39.6 Å². The second kappa shape index (κ2) is 6.20. The van der Waals surface area contributed by atoms with Crippen LogP contribution in [0.2, 0.25) is 0 Å². The van der Waals surface area contributed by atoms with E-state index in [1.807, 2.05) is 0 Å². The van der Waals surface area contributed by atoms with Gasteiger partial charge in [0.2, 0.25) is 0 Å². The maximum absolute atomic E-state index is 13.3. The molecule has 0 aliphatic carbocycles. The van der Waals surface area contributed by atoms with Crippen molar-refractivity contribution in [3.63, 3.8) is 0 Å². The van der Waals surface area contributed by atoms with Gasteiger partial charge in [-0.1, -0.05) is 18.2 Å². The van der Waals surface area contributed by atoms with Gasteiger partial charge in [-0.2, -0.15) is 0 Å². The van der Waals surface area contributed by atoms with Crippen LogP contribution >= 0.6 is 0 Å². The van der Waals surface area contributed by atoms with Crippen LogP contribution in [0.3, 0.4) is 0 Å². The molecule has 4 rings (SSSR count). The molecule has 0 spiro atoms. The van der Waals surface area contributed by atoms with Gasteiger partial charge in [-0.25, -0.2) is 17.2 Å². The van der Waals surface area contributed by atoms with Gasteiger partial charge in [0.1, 0.15) is 11.5 Å². The second-order valence-electron chi connectivity index (χ2n) is 5.88. The number of esters is 1. The molecule has 0 aliphatic heterocycles. The van der Waals surface area contributed by atoms with Gasteiger partial charge < -0.3 is 4.74 Å². The lowest BCUT2D eigenvalue weighted by Crippen LogP contribution is -2.19. The Morgan fingerprint density at radius 1 is 1.07 bits per heavy atom. The molecule has 1 aromatic carbocycles. The predicted molar refractivity (Wildman–Crippen MR) is 98.2 cm³/mol. The van der Waals surface area contributed by atoms with Crippen molar-refractivity contribution in [2.75, 3.05) is 6.61 Å². The first-order valence-electron chi connectivity index (χ1n) is 8.29. The van der Waals surface area contributed by atoms with E-state index >= 15 is 0 Å². The van der Waals surface area contributed by atoms with Crippen LogP contribution in [0.5, 0.6) is 0 Å². The van der Waals surface area contributed by atoms with E-state index in [1.165, 1.54) is 18.2 Å². The number of aromatic nitrogens is 4. The number of rotatable bonds is 4. The van der Waals surface area contributed by atoms with E-state index in [0.29, 0.717) is 22.5 Å². The summed E-state index contributed by atoms with van der Waals surface area (Å²) >= 11 is 0. The summed E-state index contributed by atoms with van der Waals surface area (Å²) in [7, 11) is -4.02. The van der Waals surface area contributed by atoms with Crippen molar-refractivity contribution in [1.29, 1.82) is 0 Å². The van der Waals surface area contributed by atoms with E-state index in [2.05, 4.69) is 10.2 Å². The number of hydrogen-bond acceptors (Lipinski definition) is 6. The van der Waals surface area contributed by atoms with Gasteiger partial charge in [-0.05, 0) is 44.2 Å². The van der Waals surface area contributed by atoms with Crippen LogP contribution in [0.1, 0.15) is 23.2 Å². The summed E-state index contributed by atoms with van der Waals surface area (Å²) in [6.45, 7) is 3.55. The Hall–Kier alpha value is -3.20. The van der Waals surface area contributed by atoms with Crippen LogP contribution in [-0.2, 0) is 14.8 Å². The molecule has 0 atom stereocenters. The molecule has 0 saturated carbocycles. The number of ether oxygens (including phenoxy) is 1. The van der Waals surface area contributed by atoms with Gasteiger partial charge in [0.25, 0.3) is 10.0 Å². The van der Waals surface area contributed by atoms with Crippen molar-refractivity contribution >= 4 is 32.7 Å². The molecule has 8 nitrogen and oxygen atoms in total. The number of benzene rings is 1. The number of nitrogens with zero attached hydrogens (tertiary/aromatic N) is 4. The first-order valence-corrected chi connectivity index (χ1v) is 9.73. The van der Waals surface area contributed by atoms with Crippen LogP contribution < -0.4 is 0 Å². The third-order valence-electron chi connectivity index (χ3n) is 4.22. The number of carbonyl (C=O) groups excluding carboxylic acids is 1. The summed E-state index contributed by atoms with van der Waals surface area (Å²) in [6.07, 6.45) is 0. The normalized spacial score (nSPS) is 11.9. The average molecular weight is 384 g/mol. The molecule has 0 saturated heterocycles. The number of fused-ring (bicyclic) bond motifs is 3. The Morgan fingerprint density at radius 2 is 1.81 bits per heavy atom. The van der Waals surface area contributed by atoms with E-state index < -0.39 is 16.0 Å². The molecule has 0 amide bonds. The first kappa shape index (κ1) is 17.2. The van der Waals surface area contributed by atoms with Gasteiger partial charge in [0.15, 0.2) is 5.65 Å². The summed E-state index contributed by atoms with van der Waals surface area (Å²) in [5.74, 6) is -0.132. The third-order valence-corrected chi connectivity index (χ3v) is 5.96. The third kappa shape index (κ3) is 2.58. The zero-order valence-corrected chi connectivity index (χ0v) is 15.5. The van der Waals surface area contributed by atoms with Crippen molar-refractivity contribution in [2.45, 2.75) is 18.7 Å². The Balaban J connectivity index is 2.11. The zero-order valence-electron chi connectivity index (χ0n) is 14.7. The predicted octanol–water partition coefficient (Wildman–Crippen LogP) is 2.41. The van der Waals surface area contributed by atoms with E-state index in [9.17, 15) is 13.2 Å². The maximum atomic E-state index is 13.3. The van der Waals surface area contributed by atoms with Crippen LogP contribution in [0.15, 0.2) is 53.4 Å². The average Bonchev–Trinajstić information content (AvgIpc) is 3.23. The molecule has 0 fully saturated rings. The molecule has 4 aromatic rings. The Labute approximate surface area is 155 Å². The quantitative estimate of drug-likeness (QED) is 0.502. The Bertz CT molecular complexity index is 1270. The summed E-state index contributed by atoms with van der Waals surface area (Å²) in [4.78, 5) is 12.6. The van der Waals surface area contributed by atoms with Gasteiger partial charge >= 0.3 is 5.97 Å². The van der Waals surface area contributed by atoms with Gasteiger partial charge in [0.05, 0.1) is 22.5 Å². The topological polar surface area (TPSA) is 95.6 Å². The van der Waals surface area contributed by atoms with Crippen molar-refractivity contribution in [3.8, 4) is 0 Å². The van der Waals surface area contributed by atoms with Crippen LogP contribution in [0.4, 0.5) is 0 Å². The molecule has 0 bridgehead atoms. The first-order chi connectivity index (χ1) is 12.9. The fourth-order valence-corrected chi connectivity index (χ4v) is 4.58. The van der Waals surface area contributed by atoms with Crippen LogP contribution in [0, 0.1) is 6.92 Å². The van der Waals surface area contributed by atoms with E-state index in [4.69, 9.17) is 4.74 Å². The highest BCUT2D eigenvalue weighted by molar-refractivity contribution is 7.90. The van der Waals surface area contributed by atoms with Crippen molar-refractivity contribution in [3.05, 3.63) is 60.0 Å². The Morgan fingerprint density at radius 3 is 2.52 bits per heavy atom. The summed E-state index contributed by atoms with van der Waals surface area (Å²) in [5.41, 5.74) is 1.34. The molecular formula is C18H16N4O4S. The summed E-state index contributed by atoms with van der Waals surface area (Å²) in [5, 5.41) is 8.07. The largest absolute Gasteiger partial charge is 0.461 e. The number of pyridine rings is 1. The van der Waals surface area contributed by atoms with Crippen molar-refractivity contribution in [1.82, 2.24) is 18.6 Å². The molecule has 27 heavy (non-hydrogen) atoms. The molecular weight excluding hydrogens is 368 g/mol. The lowest BCUT2D eigenvalue weighted by atomic mass is 10.3. The van der Waals surface area contributed by atoms with Gasteiger partial charge in [-0.15, -0.1) is 10.2 Å². The van der Waals surface area contributed by atoms with E-state index in [0.717, 1.165) is 3.97 Å². The lowest BCUT2D eigenvalue weighted by Gasteiger charge is -2.11. The summed E-state index contributed by atoms with van der Waals surface area (Å²) in [6, 6.07) is 12.7. The van der Waals surface area contributed by atoms with Crippen molar-refractivity contribution in [2.24, 2.45) is 0 Å². The monoisotopic (exact) mass is 384 g/mol. The summed E-state index contributed by atoms with van der Waals surface area (Å²) < 4.78 is 34.4. The highest BCUT2D eigenvalue weighted by Crippen LogP contribution is 2.27. The van der Waals surface area contributed by atoms with E-state index in [1.54, 1.807) is 48.6 Å². The smallest absolute Gasteiger partial charge is 0.356 e. The fourth-order valence-electron chi connectivity index (χ4n) is 3.07. The Kier molecular flexibility index (Phi) is 3.96. The molecule has 3 aromatic heterocycles.